The average Bonchev–Trinajstić information content (AvgIpc) is 2.91. The lowest BCUT2D eigenvalue weighted by Crippen LogP contribution is -2.50. The first-order chi connectivity index (χ1) is 17.5. The van der Waals surface area contributed by atoms with Gasteiger partial charge >= 0.3 is 0 Å². The Balaban J connectivity index is 1.62. The van der Waals surface area contributed by atoms with Crippen molar-refractivity contribution >= 4 is 11.8 Å². The molecule has 2 aliphatic rings. The van der Waals surface area contributed by atoms with Gasteiger partial charge < -0.3 is 24.6 Å². The molecule has 2 unspecified atom stereocenters. The maximum Gasteiger partial charge on any atom is 0.254 e. The van der Waals surface area contributed by atoms with Crippen LogP contribution in [0.5, 0.6) is 11.5 Å². The first-order valence-corrected chi connectivity index (χ1v) is 13.2. The van der Waals surface area contributed by atoms with Crippen molar-refractivity contribution in [2.45, 2.75) is 51.5 Å². The minimum absolute atomic E-state index is 0.0189. The summed E-state index contributed by atoms with van der Waals surface area (Å²) < 4.78 is 11.1. The van der Waals surface area contributed by atoms with E-state index in [2.05, 4.69) is 24.1 Å². The minimum Gasteiger partial charge on any atom is -0.493 e. The first kappa shape index (κ1) is 26.0. The van der Waals surface area contributed by atoms with Crippen LogP contribution in [-0.4, -0.2) is 68.6 Å². The zero-order valence-corrected chi connectivity index (χ0v) is 22.0. The van der Waals surface area contributed by atoms with Crippen molar-refractivity contribution in [3.8, 4) is 11.5 Å². The number of ether oxygens (including phenoxy) is 2. The zero-order valence-electron chi connectivity index (χ0n) is 22.0. The molecular formula is C29H39N3O4. The largest absolute Gasteiger partial charge is 0.493 e. The van der Waals surface area contributed by atoms with E-state index < -0.39 is 5.92 Å². The van der Waals surface area contributed by atoms with E-state index in [1.54, 1.807) is 14.2 Å². The predicted octanol–water partition coefficient (Wildman–Crippen LogP) is 4.17. The van der Waals surface area contributed by atoms with Crippen LogP contribution < -0.4 is 14.8 Å². The van der Waals surface area contributed by atoms with Crippen LogP contribution >= 0.6 is 0 Å². The van der Waals surface area contributed by atoms with Crippen LogP contribution in [0.15, 0.2) is 36.4 Å². The van der Waals surface area contributed by atoms with Crippen molar-refractivity contribution in [2.24, 2.45) is 0 Å². The molecule has 7 heteroatoms. The van der Waals surface area contributed by atoms with Gasteiger partial charge in [-0.05, 0) is 73.8 Å². The van der Waals surface area contributed by atoms with E-state index in [-0.39, 0.29) is 17.9 Å². The van der Waals surface area contributed by atoms with E-state index >= 15 is 0 Å². The minimum atomic E-state index is -0.488. The summed E-state index contributed by atoms with van der Waals surface area (Å²) in [6.45, 7) is 8.64. The van der Waals surface area contributed by atoms with Crippen LogP contribution in [0.25, 0.3) is 0 Å². The van der Waals surface area contributed by atoms with Gasteiger partial charge in [-0.3, -0.25) is 9.59 Å². The van der Waals surface area contributed by atoms with Crippen LogP contribution in [0, 0.1) is 0 Å². The third-order valence-electron chi connectivity index (χ3n) is 7.53. The molecule has 0 bridgehead atoms. The molecular weight excluding hydrogens is 454 g/mol. The van der Waals surface area contributed by atoms with Gasteiger partial charge in [0, 0.05) is 18.7 Å². The fourth-order valence-corrected chi connectivity index (χ4v) is 5.57. The Hall–Kier alpha value is -3.06. The van der Waals surface area contributed by atoms with E-state index in [0.717, 1.165) is 42.7 Å². The number of benzene rings is 2. The Morgan fingerprint density at radius 2 is 1.78 bits per heavy atom. The molecule has 4 rings (SSSR count). The van der Waals surface area contributed by atoms with E-state index in [4.69, 9.17) is 9.47 Å². The molecule has 0 saturated heterocycles. The third kappa shape index (κ3) is 5.07. The van der Waals surface area contributed by atoms with Gasteiger partial charge in [0.05, 0.1) is 26.2 Å². The van der Waals surface area contributed by atoms with Gasteiger partial charge in [-0.1, -0.05) is 38.5 Å². The molecule has 1 N–H and O–H groups in total. The van der Waals surface area contributed by atoms with Gasteiger partial charge in [0.25, 0.3) is 5.91 Å². The predicted molar refractivity (Wildman–Crippen MR) is 141 cm³/mol. The second-order valence-corrected chi connectivity index (χ2v) is 9.60. The van der Waals surface area contributed by atoms with Gasteiger partial charge in [0.2, 0.25) is 5.91 Å². The summed E-state index contributed by atoms with van der Waals surface area (Å²) >= 11 is 0. The number of carbonyl (C=O) groups excluding carboxylic acids is 2. The lowest BCUT2D eigenvalue weighted by molar-refractivity contribution is -0.124. The summed E-state index contributed by atoms with van der Waals surface area (Å²) in [4.78, 5) is 31.6. The molecule has 2 aromatic rings. The molecule has 0 spiro atoms. The van der Waals surface area contributed by atoms with Gasteiger partial charge in [0.15, 0.2) is 11.5 Å². The smallest absolute Gasteiger partial charge is 0.254 e. The molecule has 2 heterocycles. The number of amides is 2. The molecule has 0 radical (unpaired) electrons. The van der Waals surface area contributed by atoms with Crippen molar-refractivity contribution in [3.05, 3.63) is 58.7 Å². The summed E-state index contributed by atoms with van der Waals surface area (Å²) in [7, 11) is 3.23. The Morgan fingerprint density at radius 3 is 2.50 bits per heavy atom. The topological polar surface area (TPSA) is 71.1 Å². The molecule has 0 aliphatic carbocycles. The summed E-state index contributed by atoms with van der Waals surface area (Å²) in [5, 5.41) is 3.20. The number of hydrogen-bond acceptors (Lipinski definition) is 5. The van der Waals surface area contributed by atoms with E-state index in [1.807, 2.05) is 41.3 Å². The van der Waals surface area contributed by atoms with Crippen LogP contribution in [0.1, 0.15) is 72.1 Å². The molecule has 0 aromatic heterocycles. The average molecular weight is 494 g/mol. The first-order valence-electron chi connectivity index (χ1n) is 13.2. The lowest BCUT2D eigenvalue weighted by Gasteiger charge is -2.45. The normalized spacial score (nSPS) is 18.4. The number of carbonyl (C=O) groups is 2. The molecule has 2 atom stereocenters. The van der Waals surface area contributed by atoms with E-state index in [9.17, 15) is 9.59 Å². The monoisotopic (exact) mass is 493 g/mol. The summed E-state index contributed by atoms with van der Waals surface area (Å²) in [6.07, 6.45) is 3.98. The van der Waals surface area contributed by atoms with Gasteiger partial charge in [-0.25, -0.2) is 0 Å². The Labute approximate surface area is 214 Å². The van der Waals surface area contributed by atoms with Crippen LogP contribution in [0.4, 0.5) is 0 Å². The number of unbranched alkanes of at least 4 members (excludes halogenated alkanes) is 1. The molecule has 36 heavy (non-hydrogen) atoms. The highest BCUT2D eigenvalue weighted by atomic mass is 16.5. The van der Waals surface area contributed by atoms with Crippen LogP contribution in [0.2, 0.25) is 0 Å². The highest BCUT2D eigenvalue weighted by molar-refractivity contribution is 6.01. The van der Waals surface area contributed by atoms with Crippen LogP contribution in [0.3, 0.4) is 0 Å². The third-order valence-corrected chi connectivity index (χ3v) is 7.53. The summed E-state index contributed by atoms with van der Waals surface area (Å²) in [6, 6.07) is 11.1. The number of hydrogen-bond donors (Lipinski definition) is 1. The Morgan fingerprint density at radius 1 is 1.06 bits per heavy atom. The quantitative estimate of drug-likeness (QED) is 0.476. The number of fused-ring (bicyclic) bond motifs is 4. The van der Waals surface area contributed by atoms with Gasteiger partial charge in [-0.2, -0.15) is 0 Å². The molecule has 194 valence electrons. The van der Waals surface area contributed by atoms with Crippen molar-refractivity contribution in [1.29, 1.82) is 0 Å². The molecule has 0 saturated carbocycles. The standard InChI is InChI=1S/C29H39N3O4/c1-5-7-15-31(6-2)16-10-14-30-28(33)26-21-11-8-9-12-22(21)29(34)32-17-13-20-18-24(35-3)25(36-4)19-23(20)27(26)32/h8-9,11-12,18-19,26-27H,5-7,10,13-17H2,1-4H3,(H,30,33). The van der Waals surface area contributed by atoms with E-state index in [0.29, 0.717) is 36.6 Å². The Kier molecular flexibility index (Phi) is 8.52. The zero-order chi connectivity index (χ0) is 25.7. The summed E-state index contributed by atoms with van der Waals surface area (Å²) in [5.41, 5.74) is 3.46. The van der Waals surface area contributed by atoms with Crippen molar-refractivity contribution < 1.29 is 19.1 Å². The highest BCUT2D eigenvalue weighted by Gasteiger charge is 2.46. The fourth-order valence-electron chi connectivity index (χ4n) is 5.57. The highest BCUT2D eigenvalue weighted by Crippen LogP contribution is 2.48. The molecule has 0 fully saturated rings. The summed E-state index contributed by atoms with van der Waals surface area (Å²) in [5.74, 6) is 0.726. The van der Waals surface area contributed by atoms with Crippen molar-refractivity contribution in [2.75, 3.05) is 46.9 Å². The van der Waals surface area contributed by atoms with Gasteiger partial charge in [-0.15, -0.1) is 0 Å². The van der Waals surface area contributed by atoms with Gasteiger partial charge in [0.1, 0.15) is 0 Å². The SMILES string of the molecule is CCCCN(CC)CCCNC(=O)C1c2ccccc2C(=O)N2CCc3cc(OC)c(OC)cc3C12. The maximum absolute atomic E-state index is 13.8. The Bertz CT molecular complexity index is 1090. The maximum atomic E-state index is 13.8. The van der Waals surface area contributed by atoms with Crippen LogP contribution in [-0.2, 0) is 11.2 Å². The number of nitrogens with one attached hydrogen (secondary N) is 1. The second-order valence-electron chi connectivity index (χ2n) is 9.60. The number of rotatable bonds is 11. The lowest BCUT2D eigenvalue weighted by atomic mass is 9.75. The molecule has 7 nitrogen and oxygen atoms in total. The molecule has 2 amide bonds. The molecule has 2 aliphatic heterocycles. The molecule has 2 aromatic carbocycles. The van der Waals surface area contributed by atoms with Crippen molar-refractivity contribution in [1.82, 2.24) is 15.1 Å². The fraction of sp³-hybridized carbons (Fsp3) is 0.517. The van der Waals surface area contributed by atoms with Crippen molar-refractivity contribution in [3.63, 3.8) is 0 Å². The van der Waals surface area contributed by atoms with E-state index in [1.165, 1.54) is 12.8 Å². The number of nitrogens with zero attached hydrogens (tertiary/aromatic N) is 2. The number of methoxy groups -OCH3 is 2. The second kappa shape index (κ2) is 11.8.